The standard InChI is InChI=1S/C22H16F2N6O/c1-30-17-5-2-10(7-16(17)29-22(30)26)11-6-12-13(9-28-21(12)27-8-11)20(31)18-14(23)3-4-15(25)19(18)24/h2-9H,25H2,1H3,(H2,26,29)(H,27,28). The molecule has 0 radical (unpaired) electrons. The Morgan fingerprint density at radius 2 is 1.90 bits per heavy atom. The van der Waals surface area contributed by atoms with Crippen molar-refractivity contribution in [1.29, 1.82) is 0 Å². The molecule has 0 atom stereocenters. The van der Waals surface area contributed by atoms with E-state index in [-0.39, 0.29) is 11.3 Å². The Labute approximate surface area is 174 Å². The minimum absolute atomic E-state index is 0.0934. The zero-order valence-corrected chi connectivity index (χ0v) is 16.3. The van der Waals surface area contributed by atoms with Crippen LogP contribution in [0.5, 0.6) is 0 Å². The van der Waals surface area contributed by atoms with Crippen LogP contribution in [0.25, 0.3) is 33.2 Å². The molecular weight excluding hydrogens is 402 g/mol. The highest BCUT2D eigenvalue weighted by Crippen LogP contribution is 2.30. The molecule has 0 aliphatic heterocycles. The predicted molar refractivity (Wildman–Crippen MR) is 114 cm³/mol. The number of nitrogens with two attached hydrogens (primary N) is 2. The van der Waals surface area contributed by atoms with Crippen molar-refractivity contribution in [2.24, 2.45) is 7.05 Å². The van der Waals surface area contributed by atoms with Crippen molar-refractivity contribution >= 4 is 39.5 Å². The van der Waals surface area contributed by atoms with Crippen molar-refractivity contribution in [3.63, 3.8) is 0 Å². The van der Waals surface area contributed by atoms with Crippen molar-refractivity contribution in [1.82, 2.24) is 19.5 Å². The number of benzene rings is 2. The number of fused-ring (bicyclic) bond motifs is 2. The molecule has 0 spiro atoms. The highest BCUT2D eigenvalue weighted by Gasteiger charge is 2.24. The van der Waals surface area contributed by atoms with E-state index in [0.29, 0.717) is 28.1 Å². The molecule has 0 saturated carbocycles. The fourth-order valence-corrected chi connectivity index (χ4v) is 3.66. The lowest BCUT2D eigenvalue weighted by Crippen LogP contribution is -2.09. The average molecular weight is 418 g/mol. The Morgan fingerprint density at radius 3 is 2.71 bits per heavy atom. The van der Waals surface area contributed by atoms with E-state index in [4.69, 9.17) is 11.5 Å². The van der Waals surface area contributed by atoms with E-state index >= 15 is 0 Å². The number of nitrogens with one attached hydrogen (secondary N) is 1. The molecule has 3 heterocycles. The maximum Gasteiger partial charge on any atom is 0.201 e. The lowest BCUT2D eigenvalue weighted by Gasteiger charge is -2.06. The Balaban J connectivity index is 1.64. The van der Waals surface area contributed by atoms with E-state index < -0.39 is 23.0 Å². The van der Waals surface area contributed by atoms with Gasteiger partial charge in [-0.05, 0) is 35.9 Å². The number of halogens is 2. The summed E-state index contributed by atoms with van der Waals surface area (Å²) >= 11 is 0. The summed E-state index contributed by atoms with van der Waals surface area (Å²) in [6.45, 7) is 0. The first kappa shape index (κ1) is 18.7. The van der Waals surface area contributed by atoms with Gasteiger partial charge in [-0.3, -0.25) is 4.79 Å². The number of nitrogens with zero attached hydrogens (tertiary/aromatic N) is 3. The highest BCUT2D eigenvalue weighted by atomic mass is 19.1. The van der Waals surface area contributed by atoms with Crippen LogP contribution in [-0.2, 0) is 7.05 Å². The molecule has 5 N–H and O–H groups in total. The topological polar surface area (TPSA) is 116 Å². The van der Waals surface area contributed by atoms with Gasteiger partial charge in [-0.15, -0.1) is 0 Å². The predicted octanol–water partition coefficient (Wildman–Crippen LogP) is 3.79. The number of rotatable bonds is 3. The molecule has 0 bridgehead atoms. The molecule has 3 aromatic heterocycles. The van der Waals surface area contributed by atoms with Gasteiger partial charge in [0.2, 0.25) is 11.7 Å². The van der Waals surface area contributed by atoms with Crippen LogP contribution >= 0.6 is 0 Å². The number of hydrogen-bond acceptors (Lipinski definition) is 5. The van der Waals surface area contributed by atoms with E-state index in [1.807, 2.05) is 25.2 Å². The third-order valence-electron chi connectivity index (χ3n) is 5.37. The minimum atomic E-state index is -1.08. The van der Waals surface area contributed by atoms with Crippen molar-refractivity contribution in [2.75, 3.05) is 11.5 Å². The maximum absolute atomic E-state index is 14.4. The summed E-state index contributed by atoms with van der Waals surface area (Å²) < 4.78 is 30.4. The number of aromatic nitrogens is 4. The smallest absolute Gasteiger partial charge is 0.201 e. The number of aryl methyl sites for hydroxylation is 1. The number of carbonyl (C=O) groups is 1. The molecule has 0 aliphatic carbocycles. The number of anilines is 2. The van der Waals surface area contributed by atoms with Gasteiger partial charge in [0.05, 0.1) is 22.3 Å². The molecule has 0 aliphatic rings. The van der Waals surface area contributed by atoms with Crippen LogP contribution in [0.4, 0.5) is 20.4 Å². The third kappa shape index (κ3) is 2.82. The van der Waals surface area contributed by atoms with Gasteiger partial charge in [-0.25, -0.2) is 18.7 Å². The SMILES string of the molecule is Cn1c(N)nc2cc(-c3cnc4[nH]cc(C(=O)c5c(F)ccc(N)c5F)c4c3)ccc21. The van der Waals surface area contributed by atoms with Crippen molar-refractivity contribution in [3.8, 4) is 11.1 Å². The molecule has 31 heavy (non-hydrogen) atoms. The summed E-state index contributed by atoms with van der Waals surface area (Å²) in [5.74, 6) is -2.49. The number of hydrogen-bond donors (Lipinski definition) is 3. The highest BCUT2D eigenvalue weighted by molar-refractivity contribution is 6.16. The molecule has 5 rings (SSSR count). The third-order valence-corrected chi connectivity index (χ3v) is 5.37. The van der Waals surface area contributed by atoms with E-state index in [9.17, 15) is 13.6 Å². The molecule has 2 aromatic carbocycles. The number of H-pyrrole nitrogens is 1. The largest absolute Gasteiger partial charge is 0.396 e. The van der Waals surface area contributed by atoms with Gasteiger partial charge in [-0.2, -0.15) is 0 Å². The first-order valence-electron chi connectivity index (χ1n) is 9.32. The van der Waals surface area contributed by atoms with Crippen molar-refractivity contribution in [3.05, 3.63) is 71.6 Å². The fourth-order valence-electron chi connectivity index (χ4n) is 3.66. The zero-order valence-electron chi connectivity index (χ0n) is 16.3. The molecule has 154 valence electrons. The molecule has 5 aromatic rings. The second-order valence-corrected chi connectivity index (χ2v) is 7.21. The number of pyridine rings is 1. The lowest BCUT2D eigenvalue weighted by atomic mass is 9.99. The Morgan fingerprint density at radius 1 is 1.10 bits per heavy atom. The molecule has 7 nitrogen and oxygen atoms in total. The van der Waals surface area contributed by atoms with Gasteiger partial charge in [-0.1, -0.05) is 6.07 Å². The van der Waals surface area contributed by atoms with E-state index in [0.717, 1.165) is 23.2 Å². The van der Waals surface area contributed by atoms with Crippen LogP contribution in [0.3, 0.4) is 0 Å². The van der Waals surface area contributed by atoms with Crippen LogP contribution in [0.2, 0.25) is 0 Å². The van der Waals surface area contributed by atoms with Gasteiger partial charge < -0.3 is 21.0 Å². The molecule has 0 amide bonds. The summed E-state index contributed by atoms with van der Waals surface area (Å²) in [6, 6.07) is 9.42. The van der Waals surface area contributed by atoms with E-state index in [2.05, 4.69) is 15.0 Å². The van der Waals surface area contributed by atoms with Crippen LogP contribution in [0.1, 0.15) is 15.9 Å². The first-order chi connectivity index (χ1) is 14.8. The van der Waals surface area contributed by atoms with Gasteiger partial charge in [0.15, 0.2) is 5.82 Å². The Bertz CT molecular complexity index is 1520. The van der Waals surface area contributed by atoms with Crippen LogP contribution in [-0.4, -0.2) is 25.3 Å². The van der Waals surface area contributed by atoms with Gasteiger partial charge in [0, 0.05) is 36.0 Å². The van der Waals surface area contributed by atoms with Crippen molar-refractivity contribution in [2.45, 2.75) is 0 Å². The average Bonchev–Trinajstić information content (AvgIpc) is 3.31. The van der Waals surface area contributed by atoms with Gasteiger partial charge >= 0.3 is 0 Å². The monoisotopic (exact) mass is 418 g/mol. The van der Waals surface area contributed by atoms with Gasteiger partial charge in [0.25, 0.3) is 0 Å². The number of ketones is 1. The van der Waals surface area contributed by atoms with Crippen LogP contribution in [0, 0.1) is 11.6 Å². The first-order valence-corrected chi connectivity index (χ1v) is 9.32. The summed E-state index contributed by atoms with van der Waals surface area (Å²) in [5, 5.41) is 0.435. The summed E-state index contributed by atoms with van der Waals surface area (Å²) in [7, 11) is 1.82. The quantitative estimate of drug-likeness (QED) is 0.305. The fraction of sp³-hybridized carbons (Fsp3) is 0.0455. The summed E-state index contributed by atoms with van der Waals surface area (Å²) in [6.07, 6.45) is 3.02. The van der Waals surface area contributed by atoms with E-state index in [1.165, 1.54) is 6.20 Å². The minimum Gasteiger partial charge on any atom is -0.396 e. The van der Waals surface area contributed by atoms with Crippen molar-refractivity contribution < 1.29 is 13.6 Å². The summed E-state index contributed by atoms with van der Waals surface area (Å²) in [5.41, 5.74) is 14.0. The maximum atomic E-state index is 14.4. The molecule has 9 heteroatoms. The molecule has 0 unspecified atom stereocenters. The van der Waals surface area contributed by atoms with Gasteiger partial charge in [0.1, 0.15) is 11.5 Å². The zero-order chi connectivity index (χ0) is 21.9. The number of carbonyl (C=O) groups excluding carboxylic acids is 1. The normalized spacial score (nSPS) is 11.5. The van der Waals surface area contributed by atoms with Crippen LogP contribution < -0.4 is 11.5 Å². The Hall–Kier alpha value is -4.27. The number of imidazole rings is 1. The van der Waals surface area contributed by atoms with Crippen LogP contribution in [0.15, 0.2) is 48.8 Å². The molecular formula is C22H16F2N6O. The Kier molecular flexibility index (Phi) is 4.01. The van der Waals surface area contributed by atoms with E-state index in [1.54, 1.807) is 16.8 Å². The lowest BCUT2D eigenvalue weighted by molar-refractivity contribution is 0.103. The number of aromatic amines is 1. The summed E-state index contributed by atoms with van der Waals surface area (Å²) in [4.78, 5) is 24.5. The molecule has 0 fully saturated rings. The second kappa shape index (κ2) is 6.63. The molecule has 0 saturated heterocycles. The number of nitrogen functional groups attached to an aromatic ring is 2. The second-order valence-electron chi connectivity index (χ2n) is 7.21.